The van der Waals surface area contributed by atoms with E-state index in [1.54, 1.807) is 29.2 Å². The van der Waals surface area contributed by atoms with Crippen molar-refractivity contribution in [3.8, 4) is 17.6 Å². The molecule has 1 atom stereocenters. The van der Waals surface area contributed by atoms with Gasteiger partial charge in [-0.1, -0.05) is 17.9 Å². The summed E-state index contributed by atoms with van der Waals surface area (Å²) < 4.78 is 5.19. The lowest BCUT2D eigenvalue weighted by atomic mass is 10.1. The summed E-state index contributed by atoms with van der Waals surface area (Å²) in [5.41, 5.74) is 2.21. The Morgan fingerprint density at radius 3 is 2.79 bits per heavy atom. The summed E-state index contributed by atoms with van der Waals surface area (Å²) in [6.45, 7) is 0.462. The number of aromatic nitrogens is 1. The van der Waals surface area contributed by atoms with Crippen LogP contribution in [0.3, 0.4) is 0 Å². The zero-order valence-corrected chi connectivity index (χ0v) is 18.5. The van der Waals surface area contributed by atoms with Gasteiger partial charge in [-0.15, -0.1) is 0 Å². The normalized spacial score (nSPS) is 14.9. The van der Waals surface area contributed by atoms with Gasteiger partial charge in [0.1, 0.15) is 17.5 Å². The number of imide groups is 1. The number of carbonyl (C=O) groups is 4. The van der Waals surface area contributed by atoms with Crippen molar-refractivity contribution in [2.24, 2.45) is 0 Å². The minimum Gasteiger partial charge on any atom is -0.497 e. The van der Waals surface area contributed by atoms with Gasteiger partial charge < -0.3 is 20.3 Å². The quantitative estimate of drug-likeness (QED) is 0.413. The molecule has 2 aromatic rings. The van der Waals surface area contributed by atoms with Crippen LogP contribution >= 0.6 is 0 Å². The second-order valence-electron chi connectivity index (χ2n) is 7.95. The van der Waals surface area contributed by atoms with E-state index in [0.29, 0.717) is 29.1 Å². The van der Waals surface area contributed by atoms with Gasteiger partial charge in [0.2, 0.25) is 6.41 Å². The Hall–Kier alpha value is -4.39. The standard InChI is InChI=1S/C24H23N5O5/c1-34-19-8-4-16-12-29(23(32)20(16)10-19)13-18(28-24(33)26-14-30)5-2-15-3-9-21(25-11-15)22(31)27-17-6-7-17/h3-4,8-11,14,17-18H,6-7,12-13H2,1H3,(H,27,31)(H2,26,28,30,33)/t18-/m1/s1. The molecule has 0 spiro atoms. The van der Waals surface area contributed by atoms with Gasteiger partial charge in [-0.25, -0.2) is 9.78 Å². The van der Waals surface area contributed by atoms with Gasteiger partial charge >= 0.3 is 6.03 Å². The number of hydrogen-bond acceptors (Lipinski definition) is 6. The van der Waals surface area contributed by atoms with Crippen molar-refractivity contribution in [3.05, 3.63) is 58.9 Å². The molecule has 10 heteroatoms. The van der Waals surface area contributed by atoms with Crippen molar-refractivity contribution in [2.75, 3.05) is 13.7 Å². The monoisotopic (exact) mass is 461 g/mol. The predicted molar refractivity (Wildman–Crippen MR) is 121 cm³/mol. The highest BCUT2D eigenvalue weighted by atomic mass is 16.5. The number of carbonyl (C=O) groups excluding carboxylic acids is 4. The van der Waals surface area contributed by atoms with E-state index in [1.807, 2.05) is 11.4 Å². The highest BCUT2D eigenvalue weighted by Gasteiger charge is 2.29. The van der Waals surface area contributed by atoms with Gasteiger partial charge in [0, 0.05) is 29.9 Å². The zero-order valence-electron chi connectivity index (χ0n) is 18.5. The number of rotatable bonds is 7. The number of nitrogens with one attached hydrogen (secondary N) is 3. The Balaban J connectivity index is 1.47. The first kappa shape index (κ1) is 22.8. The molecular formula is C24H23N5O5. The number of methoxy groups -OCH3 is 1. The van der Waals surface area contributed by atoms with Gasteiger partial charge in [-0.2, -0.15) is 0 Å². The molecule has 1 fully saturated rings. The molecule has 1 aliphatic heterocycles. The second-order valence-corrected chi connectivity index (χ2v) is 7.95. The van der Waals surface area contributed by atoms with Crippen molar-refractivity contribution < 1.29 is 23.9 Å². The van der Waals surface area contributed by atoms with Crippen molar-refractivity contribution in [2.45, 2.75) is 31.5 Å². The lowest BCUT2D eigenvalue weighted by molar-refractivity contribution is -0.108. The van der Waals surface area contributed by atoms with Crippen molar-refractivity contribution in [1.82, 2.24) is 25.8 Å². The first-order valence-corrected chi connectivity index (χ1v) is 10.7. The third-order valence-electron chi connectivity index (χ3n) is 5.39. The van der Waals surface area contributed by atoms with Gasteiger partial charge in [-0.3, -0.25) is 19.7 Å². The largest absolute Gasteiger partial charge is 0.497 e. The number of benzene rings is 1. The van der Waals surface area contributed by atoms with E-state index in [-0.39, 0.29) is 30.8 Å². The average Bonchev–Trinajstić information content (AvgIpc) is 3.60. The van der Waals surface area contributed by atoms with Crippen molar-refractivity contribution in [1.29, 1.82) is 0 Å². The number of nitrogens with zero attached hydrogens (tertiary/aromatic N) is 2. The van der Waals surface area contributed by atoms with Gasteiger partial charge in [-0.05, 0) is 42.7 Å². The number of hydrogen-bond donors (Lipinski definition) is 3. The molecule has 1 saturated carbocycles. The number of urea groups is 1. The Morgan fingerprint density at radius 1 is 1.29 bits per heavy atom. The first-order chi connectivity index (χ1) is 16.5. The van der Waals surface area contributed by atoms with Crippen LogP contribution in [0.4, 0.5) is 4.79 Å². The average molecular weight is 461 g/mol. The first-order valence-electron chi connectivity index (χ1n) is 10.7. The van der Waals surface area contributed by atoms with Crippen molar-refractivity contribution in [3.63, 3.8) is 0 Å². The van der Waals surface area contributed by atoms with Crippen LogP contribution in [-0.4, -0.2) is 59.9 Å². The van der Waals surface area contributed by atoms with E-state index >= 15 is 0 Å². The lowest BCUT2D eigenvalue weighted by Crippen LogP contribution is -2.46. The van der Waals surface area contributed by atoms with Crippen LogP contribution in [0.5, 0.6) is 5.75 Å². The van der Waals surface area contributed by atoms with Crippen molar-refractivity contribution >= 4 is 24.3 Å². The maximum atomic E-state index is 12.9. The van der Waals surface area contributed by atoms with E-state index in [2.05, 4.69) is 27.5 Å². The molecule has 174 valence electrons. The van der Waals surface area contributed by atoms with Crippen LogP contribution in [0.15, 0.2) is 36.5 Å². The highest BCUT2D eigenvalue weighted by Crippen LogP contribution is 2.26. The summed E-state index contributed by atoms with van der Waals surface area (Å²) in [4.78, 5) is 53.2. The molecule has 0 bridgehead atoms. The van der Waals surface area contributed by atoms with E-state index in [1.165, 1.54) is 13.3 Å². The summed E-state index contributed by atoms with van der Waals surface area (Å²) in [5.74, 6) is 5.97. The Bertz CT molecular complexity index is 1180. The smallest absolute Gasteiger partial charge is 0.322 e. The fourth-order valence-corrected chi connectivity index (χ4v) is 3.48. The van der Waals surface area contributed by atoms with E-state index < -0.39 is 12.1 Å². The fourth-order valence-electron chi connectivity index (χ4n) is 3.48. The predicted octanol–water partition coefficient (Wildman–Crippen LogP) is 0.814. The molecular weight excluding hydrogens is 438 g/mol. The maximum Gasteiger partial charge on any atom is 0.322 e. The summed E-state index contributed by atoms with van der Waals surface area (Å²) in [5, 5.41) is 7.46. The Kier molecular flexibility index (Phi) is 6.73. The number of amides is 5. The molecule has 34 heavy (non-hydrogen) atoms. The number of ether oxygens (including phenoxy) is 1. The molecule has 0 unspecified atom stereocenters. The SMILES string of the molecule is COc1ccc2c(c1)C(=O)N(C[C@@H](C#Cc1ccc(C(=O)NC3CC3)nc1)NC(=O)NC=O)C2. The minimum atomic E-state index is -0.766. The Labute approximate surface area is 196 Å². The third kappa shape index (κ3) is 5.50. The van der Waals surface area contributed by atoms with Crippen LogP contribution in [-0.2, 0) is 11.3 Å². The van der Waals surface area contributed by atoms with E-state index in [0.717, 1.165) is 18.4 Å². The minimum absolute atomic E-state index is 0.102. The summed E-state index contributed by atoms with van der Waals surface area (Å²) in [6.07, 6.45) is 3.71. The second kappa shape index (κ2) is 10.0. The molecule has 2 heterocycles. The van der Waals surface area contributed by atoms with Crippen LogP contribution in [0.25, 0.3) is 0 Å². The topological polar surface area (TPSA) is 130 Å². The van der Waals surface area contributed by atoms with Gasteiger partial charge in [0.15, 0.2) is 0 Å². The van der Waals surface area contributed by atoms with E-state index in [9.17, 15) is 19.2 Å². The molecule has 2 aliphatic rings. The summed E-state index contributed by atoms with van der Waals surface area (Å²) >= 11 is 0. The zero-order chi connectivity index (χ0) is 24.1. The molecule has 0 saturated heterocycles. The molecule has 3 N–H and O–H groups in total. The van der Waals surface area contributed by atoms with Crippen LogP contribution < -0.4 is 20.7 Å². The number of fused-ring (bicyclic) bond motifs is 1. The summed E-state index contributed by atoms with van der Waals surface area (Å²) in [6, 6.07) is 7.26. The molecule has 0 radical (unpaired) electrons. The molecule has 10 nitrogen and oxygen atoms in total. The molecule has 1 aromatic heterocycles. The van der Waals surface area contributed by atoms with Crippen LogP contribution in [0.1, 0.15) is 44.8 Å². The molecule has 1 aromatic carbocycles. The maximum absolute atomic E-state index is 12.9. The third-order valence-corrected chi connectivity index (χ3v) is 5.39. The Morgan fingerprint density at radius 2 is 2.12 bits per heavy atom. The fraction of sp³-hybridized carbons (Fsp3) is 0.292. The number of pyridine rings is 1. The van der Waals surface area contributed by atoms with Crippen LogP contribution in [0, 0.1) is 11.8 Å². The van der Waals surface area contributed by atoms with E-state index in [4.69, 9.17) is 4.74 Å². The molecule has 1 aliphatic carbocycles. The lowest BCUT2D eigenvalue weighted by Gasteiger charge is -2.21. The molecule has 5 amide bonds. The van der Waals surface area contributed by atoms with Crippen LogP contribution in [0.2, 0.25) is 0 Å². The van der Waals surface area contributed by atoms with Gasteiger partial charge in [0.05, 0.1) is 13.7 Å². The highest BCUT2D eigenvalue weighted by molar-refractivity contribution is 5.99. The summed E-state index contributed by atoms with van der Waals surface area (Å²) in [7, 11) is 1.53. The molecule has 4 rings (SSSR count). The van der Waals surface area contributed by atoms with Gasteiger partial charge in [0.25, 0.3) is 11.8 Å².